The lowest BCUT2D eigenvalue weighted by Crippen LogP contribution is -2.21. The van der Waals surface area contributed by atoms with Gasteiger partial charge >= 0.3 is 0 Å². The topological polar surface area (TPSA) is 49.8 Å². The Hall–Kier alpha value is -1.42. The molecular formula is C12H18N4. The van der Waals surface area contributed by atoms with Gasteiger partial charge in [0, 0.05) is 13.1 Å². The smallest absolute Gasteiger partial charge is 0.148 e. The van der Waals surface area contributed by atoms with E-state index in [-0.39, 0.29) is 0 Å². The van der Waals surface area contributed by atoms with Gasteiger partial charge in [-0.2, -0.15) is 5.10 Å². The van der Waals surface area contributed by atoms with Crippen LogP contribution in [0.25, 0.3) is 0 Å². The van der Waals surface area contributed by atoms with Gasteiger partial charge in [0.2, 0.25) is 0 Å². The minimum Gasteiger partial charge on any atom is -0.368 e. The zero-order chi connectivity index (χ0) is 11.2. The molecule has 0 unspecified atom stereocenters. The molecule has 1 aliphatic heterocycles. The Labute approximate surface area is 96.2 Å². The molecule has 2 heterocycles. The maximum Gasteiger partial charge on any atom is 0.148 e. The number of aryl methyl sites for hydroxylation is 1. The molecule has 86 valence electrons. The molecule has 0 saturated heterocycles. The average Bonchev–Trinajstić information content (AvgIpc) is 2.30. The predicted molar refractivity (Wildman–Crippen MR) is 65.4 cm³/mol. The van der Waals surface area contributed by atoms with Crippen molar-refractivity contribution >= 4 is 5.82 Å². The highest BCUT2D eigenvalue weighted by molar-refractivity contribution is 5.35. The Bertz CT molecular complexity index is 373. The van der Waals surface area contributed by atoms with Crippen LogP contribution < -0.4 is 10.6 Å². The maximum absolute atomic E-state index is 4.03. The Balaban J connectivity index is 1.77. The lowest BCUT2D eigenvalue weighted by molar-refractivity contribution is 0.683. The molecule has 1 aromatic rings. The summed E-state index contributed by atoms with van der Waals surface area (Å²) in [6.45, 7) is 5.08. The van der Waals surface area contributed by atoms with Gasteiger partial charge in [0.1, 0.15) is 5.82 Å². The number of nitrogens with zero attached hydrogens (tertiary/aromatic N) is 2. The normalized spacial score (nSPS) is 15.7. The van der Waals surface area contributed by atoms with Crippen LogP contribution in [0.5, 0.6) is 0 Å². The molecule has 16 heavy (non-hydrogen) atoms. The molecule has 2 rings (SSSR count). The van der Waals surface area contributed by atoms with E-state index in [0.29, 0.717) is 0 Å². The first-order valence-corrected chi connectivity index (χ1v) is 5.76. The van der Waals surface area contributed by atoms with Crippen molar-refractivity contribution in [2.45, 2.75) is 19.8 Å². The summed E-state index contributed by atoms with van der Waals surface area (Å²) in [5.41, 5.74) is 2.67. The number of anilines is 1. The summed E-state index contributed by atoms with van der Waals surface area (Å²) in [7, 11) is 0. The second kappa shape index (κ2) is 5.61. The summed E-state index contributed by atoms with van der Waals surface area (Å²) in [6, 6.07) is 2.02. The Morgan fingerprint density at radius 3 is 3.19 bits per heavy atom. The molecule has 0 radical (unpaired) electrons. The van der Waals surface area contributed by atoms with Gasteiger partial charge in [0.15, 0.2) is 0 Å². The summed E-state index contributed by atoms with van der Waals surface area (Å²) in [5, 5.41) is 14.6. The van der Waals surface area contributed by atoms with E-state index < -0.39 is 0 Å². The van der Waals surface area contributed by atoms with Gasteiger partial charge in [-0.15, -0.1) is 5.10 Å². The van der Waals surface area contributed by atoms with E-state index in [2.05, 4.69) is 26.9 Å². The highest BCUT2D eigenvalue weighted by Gasteiger charge is 2.02. The molecule has 1 aromatic heterocycles. The van der Waals surface area contributed by atoms with Crippen molar-refractivity contribution < 1.29 is 0 Å². The van der Waals surface area contributed by atoms with Crippen molar-refractivity contribution in [2.75, 3.05) is 25.0 Å². The van der Waals surface area contributed by atoms with E-state index >= 15 is 0 Å². The number of aromatic nitrogens is 2. The van der Waals surface area contributed by atoms with Gasteiger partial charge in [-0.1, -0.05) is 11.6 Å². The standard InChI is InChI=1S/C12H18N4/c1-10-8-12(16-15-9-10)14-7-4-11-2-5-13-6-3-11/h2,8-9,13H,3-7H2,1H3,(H,14,16). The number of nitrogens with one attached hydrogen (secondary N) is 2. The van der Waals surface area contributed by atoms with Crippen molar-refractivity contribution in [3.63, 3.8) is 0 Å². The van der Waals surface area contributed by atoms with Crippen LogP contribution in [0, 0.1) is 6.92 Å². The molecule has 0 spiro atoms. The molecule has 0 fully saturated rings. The average molecular weight is 218 g/mol. The third-order valence-electron chi connectivity index (χ3n) is 2.70. The van der Waals surface area contributed by atoms with Crippen LogP contribution >= 0.6 is 0 Å². The monoisotopic (exact) mass is 218 g/mol. The molecule has 0 aromatic carbocycles. The largest absolute Gasteiger partial charge is 0.368 e. The third-order valence-corrected chi connectivity index (χ3v) is 2.70. The lowest BCUT2D eigenvalue weighted by Gasteiger charge is -2.14. The van der Waals surface area contributed by atoms with Crippen LogP contribution in [0.3, 0.4) is 0 Å². The van der Waals surface area contributed by atoms with Gasteiger partial charge in [0.25, 0.3) is 0 Å². The lowest BCUT2D eigenvalue weighted by atomic mass is 10.1. The third kappa shape index (κ3) is 3.31. The van der Waals surface area contributed by atoms with Gasteiger partial charge in [-0.05, 0) is 37.9 Å². The molecule has 4 heteroatoms. The SMILES string of the molecule is Cc1cnnc(NCCC2=CCNCC2)c1. The fraction of sp³-hybridized carbons (Fsp3) is 0.500. The van der Waals surface area contributed by atoms with E-state index in [1.807, 2.05) is 13.0 Å². The van der Waals surface area contributed by atoms with E-state index in [4.69, 9.17) is 0 Å². The summed E-state index contributed by atoms with van der Waals surface area (Å²) >= 11 is 0. The van der Waals surface area contributed by atoms with Crippen LogP contribution in [0.15, 0.2) is 23.9 Å². The fourth-order valence-electron chi connectivity index (χ4n) is 1.80. The maximum atomic E-state index is 4.03. The molecule has 0 atom stereocenters. The first-order chi connectivity index (χ1) is 7.84. The van der Waals surface area contributed by atoms with Crippen LogP contribution in [0.2, 0.25) is 0 Å². The first-order valence-electron chi connectivity index (χ1n) is 5.76. The van der Waals surface area contributed by atoms with Gasteiger partial charge in [-0.3, -0.25) is 0 Å². The predicted octanol–water partition coefficient (Wildman–Crippen LogP) is 1.51. The molecule has 0 saturated carbocycles. The Kier molecular flexibility index (Phi) is 3.88. The van der Waals surface area contributed by atoms with Crippen LogP contribution in [0.4, 0.5) is 5.82 Å². The minimum atomic E-state index is 0.870. The number of hydrogen-bond donors (Lipinski definition) is 2. The quantitative estimate of drug-likeness (QED) is 0.752. The summed E-state index contributed by atoms with van der Waals surface area (Å²) in [6.07, 6.45) is 6.31. The second-order valence-electron chi connectivity index (χ2n) is 4.11. The number of hydrogen-bond acceptors (Lipinski definition) is 4. The summed E-state index contributed by atoms with van der Waals surface area (Å²) in [5.74, 6) is 0.870. The van der Waals surface area contributed by atoms with Crippen molar-refractivity contribution in [1.82, 2.24) is 15.5 Å². The van der Waals surface area contributed by atoms with E-state index in [1.165, 1.54) is 12.0 Å². The van der Waals surface area contributed by atoms with Crippen LogP contribution in [-0.2, 0) is 0 Å². The molecule has 0 bridgehead atoms. The van der Waals surface area contributed by atoms with Crippen molar-refractivity contribution in [1.29, 1.82) is 0 Å². The Morgan fingerprint density at radius 2 is 2.44 bits per heavy atom. The van der Waals surface area contributed by atoms with Crippen molar-refractivity contribution in [2.24, 2.45) is 0 Å². The van der Waals surface area contributed by atoms with Gasteiger partial charge < -0.3 is 10.6 Å². The molecule has 2 N–H and O–H groups in total. The highest BCUT2D eigenvalue weighted by Crippen LogP contribution is 2.10. The highest BCUT2D eigenvalue weighted by atomic mass is 15.2. The zero-order valence-electron chi connectivity index (χ0n) is 9.66. The number of rotatable bonds is 4. The second-order valence-corrected chi connectivity index (χ2v) is 4.11. The van der Waals surface area contributed by atoms with Crippen LogP contribution in [-0.4, -0.2) is 29.8 Å². The molecule has 0 amide bonds. The van der Waals surface area contributed by atoms with E-state index in [0.717, 1.165) is 37.4 Å². The molecular weight excluding hydrogens is 200 g/mol. The Morgan fingerprint density at radius 1 is 1.50 bits per heavy atom. The van der Waals surface area contributed by atoms with Crippen molar-refractivity contribution in [3.05, 3.63) is 29.5 Å². The summed E-state index contributed by atoms with van der Waals surface area (Å²) in [4.78, 5) is 0. The van der Waals surface area contributed by atoms with Gasteiger partial charge in [-0.25, -0.2) is 0 Å². The van der Waals surface area contributed by atoms with Gasteiger partial charge in [0.05, 0.1) is 6.20 Å². The zero-order valence-corrected chi connectivity index (χ0v) is 9.66. The summed E-state index contributed by atoms with van der Waals surface area (Å²) < 4.78 is 0. The first kappa shape index (κ1) is 11.1. The fourth-order valence-corrected chi connectivity index (χ4v) is 1.80. The van der Waals surface area contributed by atoms with E-state index in [1.54, 1.807) is 6.20 Å². The molecule has 1 aliphatic rings. The van der Waals surface area contributed by atoms with E-state index in [9.17, 15) is 0 Å². The molecule has 0 aliphatic carbocycles. The molecule has 4 nitrogen and oxygen atoms in total. The van der Waals surface area contributed by atoms with Crippen LogP contribution in [0.1, 0.15) is 18.4 Å². The van der Waals surface area contributed by atoms with Crippen molar-refractivity contribution in [3.8, 4) is 0 Å². The minimum absolute atomic E-state index is 0.870.